The normalized spacial score (nSPS) is 6.35. The Bertz CT molecular complexity index is 112. The Balaban J connectivity index is -0.0000000701. The van der Waals surface area contributed by atoms with E-state index in [4.69, 9.17) is 5.11 Å². The van der Waals surface area contributed by atoms with Gasteiger partial charge in [0.05, 0.1) is 13.2 Å². The highest BCUT2D eigenvalue weighted by atomic mass is 16.5. The summed E-state index contributed by atoms with van der Waals surface area (Å²) in [5.74, 6) is 0. The predicted molar refractivity (Wildman–Crippen MR) is 79.4 cm³/mol. The van der Waals surface area contributed by atoms with Crippen LogP contribution in [0.3, 0.4) is 0 Å². The van der Waals surface area contributed by atoms with Gasteiger partial charge in [0.2, 0.25) is 0 Å². The van der Waals surface area contributed by atoms with E-state index in [-0.39, 0.29) is 6.61 Å². The third-order valence-electron chi connectivity index (χ3n) is 0.962. The lowest BCUT2D eigenvalue weighted by Gasteiger charge is -1.84. The van der Waals surface area contributed by atoms with Crippen LogP contribution in [0.15, 0.2) is 36.4 Å². The quantitative estimate of drug-likeness (QED) is 0.836. The molecule has 0 atom stereocenters. The highest BCUT2D eigenvalue weighted by Gasteiger charge is 1.67. The summed E-state index contributed by atoms with van der Waals surface area (Å²) in [6.45, 7) is 12.6. The Morgan fingerprint density at radius 3 is 1.00 bits per heavy atom. The second-order valence-corrected chi connectivity index (χ2v) is 1.87. The fourth-order valence-electron chi connectivity index (χ4n) is 0.476. The lowest BCUT2D eigenvalue weighted by molar-refractivity contribution is 0.135. The van der Waals surface area contributed by atoms with E-state index in [1.165, 1.54) is 0 Å². The molecular weight excluding hydrogens is 212 g/mol. The monoisotopic (exact) mass is 244 g/mol. The summed E-state index contributed by atoms with van der Waals surface area (Å²) < 4.78 is 4.44. The topological polar surface area (TPSA) is 29.5 Å². The number of rotatable bonds is 2. The molecule has 1 aromatic rings. The van der Waals surface area contributed by atoms with Crippen molar-refractivity contribution in [3.05, 3.63) is 36.4 Å². The fraction of sp³-hybridized carbons (Fsp3) is 0.600. The molecule has 2 heteroatoms. The standard InChI is InChI=1S/C6H6.C3H8O2.3C2H6/c1-2-4-6-5-3-1;1-5-3-2-4;3*1-2/h1-6H;4H,2-3H2,1H3;3*1-2H3. The van der Waals surface area contributed by atoms with Gasteiger partial charge in [0, 0.05) is 7.11 Å². The first-order chi connectivity index (χ1) is 8.41. The average molecular weight is 244 g/mol. The van der Waals surface area contributed by atoms with E-state index in [0.717, 1.165) is 0 Å². The molecule has 1 aromatic carbocycles. The molecule has 0 spiro atoms. The maximum atomic E-state index is 7.94. The molecule has 0 aromatic heterocycles. The molecule has 0 unspecified atom stereocenters. The largest absolute Gasteiger partial charge is 0.394 e. The molecule has 0 fully saturated rings. The molecule has 0 heterocycles. The smallest absolute Gasteiger partial charge is 0.0693 e. The molecule has 17 heavy (non-hydrogen) atoms. The zero-order chi connectivity index (χ0) is 14.4. The van der Waals surface area contributed by atoms with Crippen molar-refractivity contribution in [2.24, 2.45) is 0 Å². The molecule has 1 N–H and O–H groups in total. The van der Waals surface area contributed by atoms with E-state index in [0.29, 0.717) is 6.61 Å². The van der Waals surface area contributed by atoms with Crippen LogP contribution in [-0.2, 0) is 4.74 Å². The Kier molecular flexibility index (Phi) is 67.5. The van der Waals surface area contributed by atoms with Gasteiger partial charge in [-0.15, -0.1) is 0 Å². The minimum atomic E-state index is 0.122. The summed E-state index contributed by atoms with van der Waals surface area (Å²) in [4.78, 5) is 0. The van der Waals surface area contributed by atoms with Crippen LogP contribution in [0.4, 0.5) is 0 Å². The van der Waals surface area contributed by atoms with Crippen molar-refractivity contribution in [1.82, 2.24) is 0 Å². The first-order valence-corrected chi connectivity index (χ1v) is 6.51. The van der Waals surface area contributed by atoms with Crippen LogP contribution in [0.25, 0.3) is 0 Å². The molecule has 0 saturated carbocycles. The van der Waals surface area contributed by atoms with E-state index < -0.39 is 0 Å². The number of hydrogen-bond acceptors (Lipinski definition) is 2. The van der Waals surface area contributed by atoms with Crippen LogP contribution in [0.1, 0.15) is 41.5 Å². The maximum Gasteiger partial charge on any atom is 0.0693 e. The first kappa shape index (κ1) is 25.1. The molecule has 0 amide bonds. The molecule has 0 saturated heterocycles. The Labute approximate surface area is 109 Å². The third-order valence-corrected chi connectivity index (χ3v) is 0.962. The Hall–Kier alpha value is -0.860. The van der Waals surface area contributed by atoms with Gasteiger partial charge in [0.15, 0.2) is 0 Å². The number of hydrogen-bond donors (Lipinski definition) is 1. The van der Waals surface area contributed by atoms with E-state index >= 15 is 0 Å². The summed E-state index contributed by atoms with van der Waals surface area (Å²) in [5, 5.41) is 7.94. The van der Waals surface area contributed by atoms with Crippen LogP contribution < -0.4 is 0 Å². The zero-order valence-electron chi connectivity index (χ0n) is 12.7. The van der Waals surface area contributed by atoms with E-state index in [2.05, 4.69) is 4.74 Å². The second-order valence-electron chi connectivity index (χ2n) is 1.87. The molecule has 0 bridgehead atoms. The Morgan fingerprint density at radius 1 is 0.706 bits per heavy atom. The van der Waals surface area contributed by atoms with Crippen LogP contribution >= 0.6 is 0 Å². The maximum absolute atomic E-state index is 7.94. The predicted octanol–water partition coefficient (Wildman–Crippen LogP) is 4.39. The number of aliphatic hydroxyl groups excluding tert-OH is 1. The fourth-order valence-corrected chi connectivity index (χ4v) is 0.476. The molecule has 0 aliphatic rings. The highest BCUT2D eigenvalue weighted by molar-refractivity contribution is 4.99. The van der Waals surface area contributed by atoms with E-state index in [9.17, 15) is 0 Å². The van der Waals surface area contributed by atoms with E-state index in [1.54, 1.807) is 7.11 Å². The first-order valence-electron chi connectivity index (χ1n) is 6.51. The minimum Gasteiger partial charge on any atom is -0.394 e. The lowest BCUT2D eigenvalue weighted by Crippen LogP contribution is -1.91. The van der Waals surface area contributed by atoms with Crippen molar-refractivity contribution in [1.29, 1.82) is 0 Å². The Morgan fingerprint density at radius 2 is 0.941 bits per heavy atom. The van der Waals surface area contributed by atoms with Crippen molar-refractivity contribution in [2.45, 2.75) is 41.5 Å². The van der Waals surface area contributed by atoms with Gasteiger partial charge in [0.1, 0.15) is 0 Å². The van der Waals surface area contributed by atoms with Crippen molar-refractivity contribution in [3.8, 4) is 0 Å². The van der Waals surface area contributed by atoms with Gasteiger partial charge in [-0.25, -0.2) is 0 Å². The summed E-state index contributed by atoms with van der Waals surface area (Å²) in [5.41, 5.74) is 0. The number of ether oxygens (including phenoxy) is 1. The summed E-state index contributed by atoms with van der Waals surface area (Å²) in [6, 6.07) is 12.0. The molecule has 0 aliphatic heterocycles. The van der Waals surface area contributed by atoms with Gasteiger partial charge in [-0.2, -0.15) is 0 Å². The van der Waals surface area contributed by atoms with Gasteiger partial charge in [-0.3, -0.25) is 0 Å². The van der Waals surface area contributed by atoms with Crippen molar-refractivity contribution in [3.63, 3.8) is 0 Å². The SMILES string of the molecule is CC.CC.CC.COCCO.c1ccccc1. The summed E-state index contributed by atoms with van der Waals surface area (Å²) in [6.07, 6.45) is 0. The van der Waals surface area contributed by atoms with Crippen LogP contribution in [0.5, 0.6) is 0 Å². The number of benzene rings is 1. The van der Waals surface area contributed by atoms with Crippen LogP contribution in [0, 0.1) is 0 Å². The second kappa shape index (κ2) is 45.7. The van der Waals surface area contributed by atoms with Crippen LogP contribution in [0.2, 0.25) is 0 Å². The molecule has 0 aliphatic carbocycles. The highest BCUT2D eigenvalue weighted by Crippen LogP contribution is 1.79. The number of methoxy groups -OCH3 is 1. The number of aliphatic hydroxyl groups is 1. The van der Waals surface area contributed by atoms with E-state index in [1.807, 2.05) is 77.9 Å². The third kappa shape index (κ3) is 51.3. The van der Waals surface area contributed by atoms with Crippen molar-refractivity contribution >= 4 is 0 Å². The van der Waals surface area contributed by atoms with Gasteiger partial charge in [-0.05, 0) is 0 Å². The summed E-state index contributed by atoms with van der Waals surface area (Å²) >= 11 is 0. The van der Waals surface area contributed by atoms with Gasteiger partial charge >= 0.3 is 0 Å². The zero-order valence-corrected chi connectivity index (χ0v) is 12.7. The average Bonchev–Trinajstić information content (AvgIpc) is 2.49. The minimum absolute atomic E-state index is 0.122. The van der Waals surface area contributed by atoms with Gasteiger partial charge in [-0.1, -0.05) is 77.9 Å². The molecule has 0 radical (unpaired) electrons. The van der Waals surface area contributed by atoms with Gasteiger partial charge < -0.3 is 9.84 Å². The lowest BCUT2D eigenvalue weighted by atomic mass is 10.4. The van der Waals surface area contributed by atoms with Crippen molar-refractivity contribution < 1.29 is 9.84 Å². The molecule has 104 valence electrons. The van der Waals surface area contributed by atoms with Gasteiger partial charge in [0.25, 0.3) is 0 Å². The molecular formula is C15H32O2. The molecule has 2 nitrogen and oxygen atoms in total. The van der Waals surface area contributed by atoms with Crippen molar-refractivity contribution in [2.75, 3.05) is 20.3 Å². The molecule has 1 rings (SSSR count). The van der Waals surface area contributed by atoms with Crippen LogP contribution in [-0.4, -0.2) is 25.4 Å². The summed E-state index contributed by atoms with van der Waals surface area (Å²) in [7, 11) is 1.55.